The molecule has 1 heteroatoms. The smallest absolute Gasteiger partial charge is 0.0207 e. The van der Waals surface area contributed by atoms with Gasteiger partial charge in [-0.3, -0.25) is 0 Å². The number of allylic oxidation sites excluding steroid dienone is 9. The van der Waals surface area contributed by atoms with Crippen molar-refractivity contribution in [3.8, 4) is 0 Å². The third-order valence-electron chi connectivity index (χ3n) is 4.20. The molecule has 0 aromatic heterocycles. The van der Waals surface area contributed by atoms with E-state index in [4.69, 9.17) is 0 Å². The molecule has 0 saturated carbocycles. The second-order valence-corrected chi connectivity index (χ2v) is 5.51. The van der Waals surface area contributed by atoms with Gasteiger partial charge < -0.3 is 5.32 Å². The fourth-order valence-electron chi connectivity index (χ4n) is 3.09. The molecular weight excluding hydrogens is 218 g/mol. The summed E-state index contributed by atoms with van der Waals surface area (Å²) in [5.41, 5.74) is 3.02. The Morgan fingerprint density at radius 1 is 0.944 bits per heavy atom. The van der Waals surface area contributed by atoms with Crippen molar-refractivity contribution in [2.75, 3.05) is 6.54 Å². The summed E-state index contributed by atoms with van der Waals surface area (Å²) in [5.74, 6) is 1.14. The maximum absolute atomic E-state index is 3.61. The van der Waals surface area contributed by atoms with E-state index in [0.29, 0.717) is 17.9 Å². The fraction of sp³-hybridized carbons (Fsp3) is 0.412. The zero-order valence-electron chi connectivity index (χ0n) is 11.0. The third-order valence-corrected chi connectivity index (χ3v) is 4.20. The van der Waals surface area contributed by atoms with E-state index >= 15 is 0 Å². The Kier molecular flexibility index (Phi) is 3.33. The highest BCUT2D eigenvalue weighted by Crippen LogP contribution is 2.33. The average Bonchev–Trinajstić information content (AvgIpc) is 2.62. The molecule has 1 saturated heterocycles. The van der Waals surface area contributed by atoms with Gasteiger partial charge in [0.25, 0.3) is 0 Å². The van der Waals surface area contributed by atoms with Gasteiger partial charge in [-0.1, -0.05) is 48.6 Å². The Bertz CT molecular complexity index is 454. The topological polar surface area (TPSA) is 12.0 Å². The van der Waals surface area contributed by atoms with Gasteiger partial charge in [-0.2, -0.15) is 0 Å². The maximum Gasteiger partial charge on any atom is 0.0207 e. The molecule has 1 N–H and O–H groups in total. The van der Waals surface area contributed by atoms with E-state index in [1.54, 1.807) is 0 Å². The minimum absolute atomic E-state index is 0.472. The summed E-state index contributed by atoms with van der Waals surface area (Å²) in [5, 5.41) is 3.61. The summed E-state index contributed by atoms with van der Waals surface area (Å²) in [6, 6.07) is 0.678. The molecule has 0 radical (unpaired) electrons. The molecular formula is C17H21N. The molecule has 0 aromatic carbocycles. The van der Waals surface area contributed by atoms with Crippen molar-refractivity contribution in [1.29, 1.82) is 0 Å². The van der Waals surface area contributed by atoms with E-state index in [0.717, 1.165) is 6.54 Å². The molecule has 94 valence electrons. The van der Waals surface area contributed by atoms with E-state index in [2.05, 4.69) is 60.8 Å². The number of piperidine rings is 1. The van der Waals surface area contributed by atoms with Crippen LogP contribution in [0.25, 0.3) is 0 Å². The van der Waals surface area contributed by atoms with Crippen molar-refractivity contribution in [1.82, 2.24) is 5.32 Å². The Morgan fingerprint density at radius 3 is 2.33 bits per heavy atom. The van der Waals surface area contributed by atoms with Gasteiger partial charge in [-0.05, 0) is 36.8 Å². The van der Waals surface area contributed by atoms with Gasteiger partial charge in [0.1, 0.15) is 0 Å². The van der Waals surface area contributed by atoms with E-state index in [-0.39, 0.29) is 0 Å². The highest BCUT2D eigenvalue weighted by atomic mass is 14.9. The predicted octanol–water partition coefficient (Wildman–Crippen LogP) is 3.54. The summed E-state index contributed by atoms with van der Waals surface area (Å²) in [6.07, 6.45) is 20.5. The van der Waals surface area contributed by atoms with Crippen LogP contribution in [0.15, 0.2) is 59.8 Å². The van der Waals surface area contributed by atoms with Crippen molar-refractivity contribution in [2.45, 2.75) is 25.8 Å². The van der Waals surface area contributed by atoms with E-state index in [1.165, 1.54) is 24.0 Å². The zero-order valence-corrected chi connectivity index (χ0v) is 11.0. The molecule has 1 heterocycles. The zero-order chi connectivity index (χ0) is 12.4. The number of nitrogens with one attached hydrogen (secondary N) is 1. The number of fused-ring (bicyclic) bond motifs is 1. The van der Waals surface area contributed by atoms with E-state index < -0.39 is 0 Å². The van der Waals surface area contributed by atoms with E-state index in [1.807, 2.05) is 0 Å². The lowest BCUT2D eigenvalue weighted by Gasteiger charge is -2.30. The van der Waals surface area contributed by atoms with Crippen molar-refractivity contribution in [2.24, 2.45) is 11.8 Å². The van der Waals surface area contributed by atoms with Crippen LogP contribution in [-0.4, -0.2) is 12.6 Å². The Balaban J connectivity index is 1.91. The minimum atomic E-state index is 0.472. The van der Waals surface area contributed by atoms with Crippen molar-refractivity contribution in [3.05, 3.63) is 59.8 Å². The van der Waals surface area contributed by atoms with Crippen molar-refractivity contribution in [3.63, 3.8) is 0 Å². The number of rotatable bonds is 1. The van der Waals surface area contributed by atoms with Gasteiger partial charge in [0, 0.05) is 18.5 Å². The molecule has 0 bridgehead atoms. The Labute approximate surface area is 110 Å². The quantitative estimate of drug-likeness (QED) is 0.738. The number of hydrogen-bond donors (Lipinski definition) is 1. The summed E-state index contributed by atoms with van der Waals surface area (Å²) < 4.78 is 0. The maximum atomic E-state index is 3.61. The van der Waals surface area contributed by atoms with E-state index in [9.17, 15) is 0 Å². The lowest BCUT2D eigenvalue weighted by molar-refractivity contribution is 0.358. The number of hydrogen-bond acceptors (Lipinski definition) is 1. The van der Waals surface area contributed by atoms with Crippen molar-refractivity contribution < 1.29 is 0 Å². The third kappa shape index (κ3) is 2.28. The van der Waals surface area contributed by atoms with Gasteiger partial charge in [0.2, 0.25) is 0 Å². The van der Waals surface area contributed by atoms with Crippen LogP contribution in [-0.2, 0) is 0 Å². The molecule has 0 spiro atoms. The van der Waals surface area contributed by atoms with Crippen LogP contribution in [0.1, 0.15) is 19.8 Å². The molecule has 1 nitrogen and oxygen atoms in total. The first kappa shape index (κ1) is 11.7. The van der Waals surface area contributed by atoms with Crippen molar-refractivity contribution >= 4 is 0 Å². The SMILES string of the molecule is CC1CCC(C2=C3C=CC=CC3C=CC=C2)CN1. The summed E-state index contributed by atoms with van der Waals surface area (Å²) in [4.78, 5) is 0. The first-order chi connectivity index (χ1) is 8.84. The lowest BCUT2D eigenvalue weighted by Crippen LogP contribution is -2.37. The highest BCUT2D eigenvalue weighted by molar-refractivity contribution is 5.47. The van der Waals surface area contributed by atoms with Crippen LogP contribution in [0.2, 0.25) is 0 Å². The van der Waals surface area contributed by atoms with Gasteiger partial charge in [-0.25, -0.2) is 0 Å². The molecule has 3 rings (SSSR count). The van der Waals surface area contributed by atoms with Crippen LogP contribution < -0.4 is 5.32 Å². The molecule has 3 aliphatic rings. The van der Waals surface area contributed by atoms with Gasteiger partial charge in [0.15, 0.2) is 0 Å². The molecule has 2 aliphatic carbocycles. The Hall–Kier alpha value is -1.34. The molecule has 0 aromatic rings. The van der Waals surface area contributed by atoms with Gasteiger partial charge in [-0.15, -0.1) is 0 Å². The second kappa shape index (κ2) is 5.11. The summed E-state index contributed by atoms with van der Waals surface area (Å²) in [6.45, 7) is 3.40. The average molecular weight is 239 g/mol. The molecule has 3 atom stereocenters. The van der Waals surface area contributed by atoms with Crippen LogP contribution in [0.5, 0.6) is 0 Å². The van der Waals surface area contributed by atoms with Gasteiger partial charge in [0.05, 0.1) is 0 Å². The first-order valence-corrected chi connectivity index (χ1v) is 7.02. The molecule has 0 amide bonds. The molecule has 3 unspecified atom stereocenters. The largest absolute Gasteiger partial charge is 0.314 e. The lowest BCUT2D eigenvalue weighted by atomic mass is 9.81. The fourth-order valence-corrected chi connectivity index (χ4v) is 3.09. The molecule has 1 aliphatic heterocycles. The molecule has 18 heavy (non-hydrogen) atoms. The summed E-state index contributed by atoms with van der Waals surface area (Å²) in [7, 11) is 0. The van der Waals surface area contributed by atoms with Crippen LogP contribution >= 0.6 is 0 Å². The second-order valence-electron chi connectivity index (χ2n) is 5.51. The van der Waals surface area contributed by atoms with Gasteiger partial charge >= 0.3 is 0 Å². The normalized spacial score (nSPS) is 34.6. The standard InChI is InChI=1S/C17H21N/c1-13-10-11-15(12-18-13)17-9-5-3-7-14-6-2-4-8-16(14)17/h2-9,13-15,18H,10-12H2,1H3. The van der Waals surface area contributed by atoms with Crippen LogP contribution in [0.3, 0.4) is 0 Å². The predicted molar refractivity (Wildman–Crippen MR) is 77.3 cm³/mol. The van der Waals surface area contributed by atoms with Crippen LogP contribution in [0, 0.1) is 11.8 Å². The first-order valence-electron chi connectivity index (χ1n) is 7.02. The Morgan fingerprint density at radius 2 is 1.67 bits per heavy atom. The minimum Gasteiger partial charge on any atom is -0.314 e. The molecule has 1 fully saturated rings. The monoisotopic (exact) mass is 239 g/mol. The highest BCUT2D eigenvalue weighted by Gasteiger charge is 2.24. The summed E-state index contributed by atoms with van der Waals surface area (Å²) >= 11 is 0. The van der Waals surface area contributed by atoms with Crippen LogP contribution in [0.4, 0.5) is 0 Å².